The Labute approximate surface area is 104 Å². The smallest absolute Gasteiger partial charge is 0.257 e. The van der Waals surface area contributed by atoms with E-state index in [1.807, 2.05) is 0 Å². The first-order valence-electron chi connectivity index (χ1n) is 5.09. The van der Waals surface area contributed by atoms with Crippen LogP contribution >= 0.6 is 11.6 Å². The van der Waals surface area contributed by atoms with Crippen LogP contribution in [0.1, 0.15) is 10.4 Å². The molecule has 0 fully saturated rings. The molecule has 0 bridgehead atoms. The molecule has 5 nitrogen and oxygen atoms in total. The van der Waals surface area contributed by atoms with E-state index in [-0.39, 0.29) is 37.6 Å². The van der Waals surface area contributed by atoms with Crippen LogP contribution in [0.25, 0.3) is 0 Å². The monoisotopic (exact) mass is 259 g/mol. The molecule has 94 valence electrons. The first-order valence-corrected chi connectivity index (χ1v) is 5.47. The molecular weight excluding hydrogens is 246 g/mol. The number of aliphatic hydroxyl groups excluding tert-OH is 2. The van der Waals surface area contributed by atoms with Gasteiger partial charge in [-0.1, -0.05) is 11.6 Å². The van der Waals surface area contributed by atoms with Crippen LogP contribution in [0.5, 0.6) is 5.75 Å². The number of aliphatic hydroxyl groups is 2. The number of phenolic OH excluding ortho intramolecular Hbond substituents is 1. The lowest BCUT2D eigenvalue weighted by molar-refractivity contribution is 0.0682. The molecule has 3 N–H and O–H groups in total. The lowest BCUT2D eigenvalue weighted by atomic mass is 10.1. The van der Waals surface area contributed by atoms with Crippen molar-refractivity contribution in [2.45, 2.75) is 0 Å². The zero-order valence-electron chi connectivity index (χ0n) is 9.14. The van der Waals surface area contributed by atoms with Gasteiger partial charge in [0, 0.05) is 18.1 Å². The fourth-order valence-corrected chi connectivity index (χ4v) is 1.58. The largest absolute Gasteiger partial charge is 0.507 e. The van der Waals surface area contributed by atoms with E-state index in [1.165, 1.54) is 23.1 Å². The number of benzene rings is 1. The van der Waals surface area contributed by atoms with E-state index >= 15 is 0 Å². The topological polar surface area (TPSA) is 81.0 Å². The minimum atomic E-state index is -0.479. The number of rotatable bonds is 5. The van der Waals surface area contributed by atoms with Crippen LogP contribution in [-0.4, -0.2) is 52.4 Å². The molecule has 6 heteroatoms. The van der Waals surface area contributed by atoms with Crippen LogP contribution in [0, 0.1) is 0 Å². The summed E-state index contributed by atoms with van der Waals surface area (Å²) < 4.78 is 0. The Morgan fingerprint density at radius 2 is 1.82 bits per heavy atom. The van der Waals surface area contributed by atoms with Gasteiger partial charge in [-0.15, -0.1) is 0 Å². The van der Waals surface area contributed by atoms with Crippen LogP contribution < -0.4 is 0 Å². The fourth-order valence-electron chi connectivity index (χ4n) is 1.41. The van der Waals surface area contributed by atoms with Crippen LogP contribution in [0.4, 0.5) is 0 Å². The lowest BCUT2D eigenvalue weighted by Gasteiger charge is -2.21. The highest BCUT2D eigenvalue weighted by Gasteiger charge is 2.18. The molecule has 1 aromatic carbocycles. The van der Waals surface area contributed by atoms with Crippen LogP contribution in [0.3, 0.4) is 0 Å². The van der Waals surface area contributed by atoms with Crippen molar-refractivity contribution >= 4 is 17.5 Å². The summed E-state index contributed by atoms with van der Waals surface area (Å²) in [7, 11) is 0. The van der Waals surface area contributed by atoms with Gasteiger partial charge in [-0.25, -0.2) is 0 Å². The van der Waals surface area contributed by atoms with Crippen molar-refractivity contribution in [2.75, 3.05) is 26.3 Å². The van der Waals surface area contributed by atoms with E-state index in [9.17, 15) is 9.90 Å². The number of carbonyl (C=O) groups excluding carboxylic acids is 1. The van der Waals surface area contributed by atoms with Crippen LogP contribution in [0.15, 0.2) is 18.2 Å². The highest BCUT2D eigenvalue weighted by Crippen LogP contribution is 2.22. The standard InChI is InChI=1S/C11H14ClNO4/c12-8-1-2-10(16)9(7-8)11(17)13(3-5-14)4-6-15/h1-2,7,14-16H,3-6H2. The number of nitrogens with zero attached hydrogens (tertiary/aromatic N) is 1. The normalized spacial score (nSPS) is 10.3. The Kier molecular flexibility index (Phi) is 5.21. The first-order chi connectivity index (χ1) is 8.10. The number of hydrogen-bond acceptors (Lipinski definition) is 4. The van der Waals surface area contributed by atoms with E-state index in [0.717, 1.165) is 0 Å². The second kappa shape index (κ2) is 6.44. The predicted octanol–water partition coefficient (Wildman–Crippen LogP) is 0.472. The Bertz CT molecular complexity index is 391. The third-order valence-electron chi connectivity index (χ3n) is 2.22. The van der Waals surface area contributed by atoms with Gasteiger partial charge in [0.1, 0.15) is 5.75 Å². The van der Waals surface area contributed by atoms with E-state index in [1.54, 1.807) is 0 Å². The Morgan fingerprint density at radius 3 is 2.35 bits per heavy atom. The van der Waals surface area contributed by atoms with E-state index < -0.39 is 5.91 Å². The molecular formula is C11H14ClNO4. The van der Waals surface area contributed by atoms with Crippen molar-refractivity contribution in [3.05, 3.63) is 28.8 Å². The van der Waals surface area contributed by atoms with Gasteiger partial charge in [0.2, 0.25) is 0 Å². The summed E-state index contributed by atoms with van der Waals surface area (Å²) in [6.45, 7) is -0.253. The van der Waals surface area contributed by atoms with Crippen LogP contribution in [0.2, 0.25) is 5.02 Å². The number of halogens is 1. The number of aromatic hydroxyl groups is 1. The number of hydrogen-bond donors (Lipinski definition) is 3. The molecule has 1 rings (SSSR count). The molecule has 17 heavy (non-hydrogen) atoms. The third kappa shape index (κ3) is 3.59. The molecule has 0 unspecified atom stereocenters. The zero-order chi connectivity index (χ0) is 12.8. The maximum absolute atomic E-state index is 12.0. The summed E-state index contributed by atoms with van der Waals surface area (Å²) in [6.07, 6.45) is 0. The Balaban J connectivity index is 2.95. The third-order valence-corrected chi connectivity index (χ3v) is 2.45. The molecule has 0 atom stereocenters. The number of carbonyl (C=O) groups is 1. The SMILES string of the molecule is O=C(c1cc(Cl)ccc1O)N(CCO)CCO. The van der Waals surface area contributed by atoms with Crippen molar-refractivity contribution in [1.29, 1.82) is 0 Å². The van der Waals surface area contributed by atoms with Gasteiger partial charge in [-0.3, -0.25) is 4.79 Å². The van der Waals surface area contributed by atoms with E-state index in [0.29, 0.717) is 5.02 Å². The van der Waals surface area contributed by atoms with Crippen molar-refractivity contribution < 1.29 is 20.1 Å². The maximum atomic E-state index is 12.0. The Morgan fingerprint density at radius 1 is 1.24 bits per heavy atom. The van der Waals surface area contributed by atoms with Crippen molar-refractivity contribution in [1.82, 2.24) is 4.90 Å². The minimum Gasteiger partial charge on any atom is -0.507 e. The highest BCUT2D eigenvalue weighted by molar-refractivity contribution is 6.31. The molecule has 0 heterocycles. The quantitative estimate of drug-likeness (QED) is 0.718. The predicted molar refractivity (Wildman–Crippen MR) is 63.2 cm³/mol. The second-order valence-electron chi connectivity index (χ2n) is 3.40. The zero-order valence-corrected chi connectivity index (χ0v) is 9.89. The van der Waals surface area contributed by atoms with E-state index in [2.05, 4.69) is 0 Å². The Hall–Kier alpha value is -1.30. The average molecular weight is 260 g/mol. The van der Waals surface area contributed by atoms with Gasteiger partial charge in [0.25, 0.3) is 5.91 Å². The summed E-state index contributed by atoms with van der Waals surface area (Å²) >= 11 is 5.74. The van der Waals surface area contributed by atoms with Gasteiger partial charge in [0.15, 0.2) is 0 Å². The maximum Gasteiger partial charge on any atom is 0.257 e. The molecule has 0 saturated carbocycles. The minimum absolute atomic E-state index is 0.0550. The van der Waals surface area contributed by atoms with E-state index in [4.69, 9.17) is 21.8 Å². The summed E-state index contributed by atoms with van der Waals surface area (Å²) in [5, 5.41) is 27.5. The molecule has 0 aliphatic carbocycles. The molecule has 0 aliphatic rings. The molecule has 0 aliphatic heterocycles. The number of phenols is 1. The van der Waals surface area contributed by atoms with Crippen molar-refractivity contribution in [2.24, 2.45) is 0 Å². The lowest BCUT2D eigenvalue weighted by Crippen LogP contribution is -2.35. The van der Waals surface area contributed by atoms with Crippen molar-refractivity contribution in [3.63, 3.8) is 0 Å². The molecule has 0 radical (unpaired) electrons. The van der Waals surface area contributed by atoms with Gasteiger partial charge in [-0.2, -0.15) is 0 Å². The summed E-state index contributed by atoms with van der Waals surface area (Å²) in [5.74, 6) is -0.659. The highest BCUT2D eigenvalue weighted by atomic mass is 35.5. The molecule has 1 aromatic rings. The second-order valence-corrected chi connectivity index (χ2v) is 3.84. The van der Waals surface area contributed by atoms with Crippen molar-refractivity contribution in [3.8, 4) is 5.75 Å². The van der Waals surface area contributed by atoms with Gasteiger partial charge >= 0.3 is 0 Å². The van der Waals surface area contributed by atoms with Crippen LogP contribution in [-0.2, 0) is 0 Å². The fraction of sp³-hybridized carbons (Fsp3) is 0.364. The first kappa shape index (κ1) is 13.8. The van der Waals surface area contributed by atoms with Gasteiger partial charge < -0.3 is 20.2 Å². The van der Waals surface area contributed by atoms with Gasteiger partial charge in [-0.05, 0) is 18.2 Å². The molecule has 0 aromatic heterocycles. The average Bonchev–Trinajstić information content (AvgIpc) is 2.31. The summed E-state index contributed by atoms with van der Waals surface area (Å²) in [5.41, 5.74) is 0.0550. The summed E-state index contributed by atoms with van der Waals surface area (Å²) in [6, 6.07) is 4.14. The molecule has 0 spiro atoms. The number of amides is 1. The summed E-state index contributed by atoms with van der Waals surface area (Å²) in [4.78, 5) is 13.2. The molecule has 1 amide bonds. The molecule has 0 saturated heterocycles. The van der Waals surface area contributed by atoms with Gasteiger partial charge in [0.05, 0.1) is 18.8 Å².